The van der Waals surface area contributed by atoms with Gasteiger partial charge in [0.15, 0.2) is 23.6 Å². The standard InChI is InChI=1S/C26H27NO8/c1-11-22(29)17(27)8-19(34-11)35-18-10-26(33,12(2)28)9-13-7-16-21(25(32)20(13)18)24(31)15-6-4-3-5-14(15)23(16)30/h3-7,11,17-19,22,29,32-33H,8-10,27H2,1-2H3/t11-,17?,18-,19-,22+,26-/m0/s1. The highest BCUT2D eigenvalue weighted by Gasteiger charge is 2.47. The van der Waals surface area contributed by atoms with E-state index in [0.717, 1.165) is 0 Å². The summed E-state index contributed by atoms with van der Waals surface area (Å²) in [4.78, 5) is 38.9. The lowest BCUT2D eigenvalue weighted by Crippen LogP contribution is -2.52. The van der Waals surface area contributed by atoms with Crippen molar-refractivity contribution in [3.63, 3.8) is 0 Å². The lowest BCUT2D eigenvalue weighted by molar-refractivity contribution is -0.247. The minimum Gasteiger partial charge on any atom is -0.507 e. The highest BCUT2D eigenvalue weighted by molar-refractivity contribution is 6.29. The Labute approximate surface area is 201 Å². The highest BCUT2D eigenvalue weighted by atomic mass is 16.7. The molecule has 2 aliphatic carbocycles. The number of phenolic OH excluding ortho intramolecular Hbond substituents is 1. The third kappa shape index (κ3) is 3.71. The number of hydrogen-bond donors (Lipinski definition) is 4. The van der Waals surface area contributed by atoms with Crippen LogP contribution in [0.5, 0.6) is 5.75 Å². The summed E-state index contributed by atoms with van der Waals surface area (Å²) < 4.78 is 11.8. The molecule has 0 aromatic heterocycles. The minimum atomic E-state index is -1.81. The molecule has 1 heterocycles. The molecular formula is C26H27NO8. The highest BCUT2D eigenvalue weighted by Crippen LogP contribution is 2.48. The molecule has 5 rings (SSSR count). The molecular weight excluding hydrogens is 454 g/mol. The minimum absolute atomic E-state index is 0.0178. The summed E-state index contributed by atoms with van der Waals surface area (Å²) in [6.07, 6.45) is -3.61. The Morgan fingerprint density at radius 2 is 1.83 bits per heavy atom. The number of ether oxygens (including phenoxy) is 2. The van der Waals surface area contributed by atoms with Gasteiger partial charge in [0.05, 0.1) is 23.9 Å². The fourth-order valence-corrected chi connectivity index (χ4v) is 5.35. The van der Waals surface area contributed by atoms with E-state index in [0.29, 0.717) is 5.56 Å². The average molecular weight is 482 g/mol. The normalized spacial score (nSPS) is 32.0. The predicted molar refractivity (Wildman–Crippen MR) is 122 cm³/mol. The maximum absolute atomic E-state index is 13.3. The number of fused-ring (bicyclic) bond motifs is 3. The Bertz CT molecular complexity index is 1240. The molecule has 1 unspecified atom stereocenters. The van der Waals surface area contributed by atoms with Crippen molar-refractivity contribution >= 4 is 17.3 Å². The van der Waals surface area contributed by atoms with Crippen molar-refractivity contribution in [2.75, 3.05) is 0 Å². The number of carbonyl (C=O) groups excluding carboxylic acids is 3. The maximum Gasteiger partial charge on any atom is 0.198 e. The lowest BCUT2D eigenvalue weighted by Gasteiger charge is -2.41. The van der Waals surface area contributed by atoms with E-state index in [9.17, 15) is 29.7 Å². The molecule has 9 heteroatoms. The van der Waals surface area contributed by atoms with Gasteiger partial charge in [-0.25, -0.2) is 0 Å². The van der Waals surface area contributed by atoms with Gasteiger partial charge in [0.25, 0.3) is 0 Å². The molecule has 0 spiro atoms. The van der Waals surface area contributed by atoms with Crippen molar-refractivity contribution in [3.05, 3.63) is 63.7 Å². The summed E-state index contributed by atoms with van der Waals surface area (Å²) in [5.41, 5.74) is 5.09. The van der Waals surface area contributed by atoms with Gasteiger partial charge in [-0.2, -0.15) is 0 Å². The molecule has 2 aromatic carbocycles. The summed E-state index contributed by atoms with van der Waals surface area (Å²) in [5, 5.41) is 32.6. The van der Waals surface area contributed by atoms with Crippen molar-refractivity contribution in [2.45, 2.75) is 69.4 Å². The molecule has 3 aliphatic rings. The summed E-state index contributed by atoms with van der Waals surface area (Å²) in [5.74, 6) is -1.82. The summed E-state index contributed by atoms with van der Waals surface area (Å²) >= 11 is 0. The number of benzene rings is 2. The summed E-state index contributed by atoms with van der Waals surface area (Å²) in [6.45, 7) is 2.91. The van der Waals surface area contributed by atoms with E-state index in [4.69, 9.17) is 15.2 Å². The SMILES string of the molecule is CC(=O)[C@]1(O)Cc2cc3c(c(O)c2[C@@H](O[C@H]2CC(N)[C@H](O)[C@H](C)O2)C1)C(=O)c1ccccc1C3=O. The number of nitrogens with two attached hydrogens (primary N) is 1. The van der Waals surface area contributed by atoms with E-state index in [1.807, 2.05) is 0 Å². The first-order valence-corrected chi connectivity index (χ1v) is 11.6. The molecule has 1 aliphatic heterocycles. The molecule has 184 valence electrons. The molecule has 9 nitrogen and oxygen atoms in total. The molecule has 0 radical (unpaired) electrons. The zero-order chi connectivity index (χ0) is 25.2. The van der Waals surface area contributed by atoms with E-state index >= 15 is 0 Å². The van der Waals surface area contributed by atoms with Crippen LogP contribution in [-0.2, 0) is 20.7 Å². The average Bonchev–Trinajstić information content (AvgIpc) is 2.80. The first-order chi connectivity index (χ1) is 16.5. The first-order valence-electron chi connectivity index (χ1n) is 11.6. The molecule has 1 fully saturated rings. The van der Waals surface area contributed by atoms with Gasteiger partial charge in [0, 0.05) is 47.6 Å². The number of ketones is 3. The van der Waals surface area contributed by atoms with Crippen molar-refractivity contribution in [2.24, 2.45) is 5.73 Å². The van der Waals surface area contributed by atoms with E-state index in [-0.39, 0.29) is 47.1 Å². The molecule has 6 atom stereocenters. The summed E-state index contributed by atoms with van der Waals surface area (Å²) in [6, 6.07) is 7.21. The second kappa shape index (κ2) is 8.32. The van der Waals surface area contributed by atoms with Crippen LogP contribution in [0.1, 0.15) is 75.8 Å². The number of aliphatic hydroxyl groups is 2. The molecule has 35 heavy (non-hydrogen) atoms. The lowest BCUT2D eigenvalue weighted by atomic mass is 9.72. The van der Waals surface area contributed by atoms with Crippen LogP contribution < -0.4 is 5.73 Å². The van der Waals surface area contributed by atoms with Gasteiger partial charge in [0.1, 0.15) is 11.4 Å². The molecule has 0 bridgehead atoms. The predicted octanol–water partition coefficient (Wildman–Crippen LogP) is 1.31. The second-order valence-corrected chi connectivity index (χ2v) is 9.68. The molecule has 0 saturated carbocycles. The van der Waals surface area contributed by atoms with Gasteiger partial charge in [-0.3, -0.25) is 14.4 Å². The third-order valence-corrected chi connectivity index (χ3v) is 7.36. The Morgan fingerprint density at radius 1 is 1.17 bits per heavy atom. The van der Waals surface area contributed by atoms with Crippen LogP contribution in [0.4, 0.5) is 0 Å². The number of hydrogen-bond acceptors (Lipinski definition) is 9. The molecule has 2 aromatic rings. The maximum atomic E-state index is 13.3. The van der Waals surface area contributed by atoms with Crippen molar-refractivity contribution < 1.29 is 39.2 Å². The number of aromatic hydroxyl groups is 1. The first kappa shape index (κ1) is 23.8. The van der Waals surface area contributed by atoms with Crippen molar-refractivity contribution in [1.29, 1.82) is 0 Å². The van der Waals surface area contributed by atoms with E-state index in [1.165, 1.54) is 19.1 Å². The topological polar surface area (TPSA) is 156 Å². The van der Waals surface area contributed by atoms with E-state index in [1.54, 1.807) is 25.1 Å². The van der Waals surface area contributed by atoms with Crippen LogP contribution in [0.2, 0.25) is 0 Å². The smallest absolute Gasteiger partial charge is 0.198 e. The fraction of sp³-hybridized carbons (Fsp3) is 0.423. The summed E-state index contributed by atoms with van der Waals surface area (Å²) in [7, 11) is 0. The largest absolute Gasteiger partial charge is 0.507 e. The Balaban J connectivity index is 1.62. The Kier molecular flexibility index (Phi) is 5.65. The molecule has 1 saturated heterocycles. The quantitative estimate of drug-likeness (QED) is 0.433. The van der Waals surface area contributed by atoms with E-state index < -0.39 is 59.3 Å². The number of Topliss-reactive ketones (excluding diaryl/α,β-unsaturated/α-hetero) is 1. The molecule has 0 amide bonds. The number of rotatable bonds is 3. The second-order valence-electron chi connectivity index (χ2n) is 9.68. The van der Waals surface area contributed by atoms with Crippen LogP contribution >= 0.6 is 0 Å². The van der Waals surface area contributed by atoms with Crippen molar-refractivity contribution in [1.82, 2.24) is 0 Å². The Morgan fingerprint density at radius 3 is 2.46 bits per heavy atom. The van der Waals surface area contributed by atoms with Crippen LogP contribution in [0.25, 0.3) is 0 Å². The zero-order valence-electron chi connectivity index (χ0n) is 19.4. The van der Waals surface area contributed by atoms with Crippen LogP contribution in [0.15, 0.2) is 30.3 Å². The Hall–Kier alpha value is -2.95. The van der Waals surface area contributed by atoms with Gasteiger partial charge >= 0.3 is 0 Å². The van der Waals surface area contributed by atoms with Crippen LogP contribution in [-0.4, -0.2) is 62.8 Å². The van der Waals surface area contributed by atoms with Gasteiger partial charge < -0.3 is 30.5 Å². The fourth-order valence-electron chi connectivity index (χ4n) is 5.35. The van der Waals surface area contributed by atoms with Gasteiger partial charge in [-0.1, -0.05) is 24.3 Å². The monoisotopic (exact) mass is 481 g/mol. The molecule has 5 N–H and O–H groups in total. The third-order valence-electron chi connectivity index (χ3n) is 7.36. The zero-order valence-corrected chi connectivity index (χ0v) is 19.4. The van der Waals surface area contributed by atoms with Gasteiger partial charge in [-0.15, -0.1) is 0 Å². The van der Waals surface area contributed by atoms with Crippen LogP contribution in [0, 0.1) is 0 Å². The number of phenols is 1. The number of aliphatic hydroxyl groups excluding tert-OH is 1. The van der Waals surface area contributed by atoms with E-state index in [2.05, 4.69) is 0 Å². The van der Waals surface area contributed by atoms with Crippen LogP contribution in [0.3, 0.4) is 0 Å². The van der Waals surface area contributed by atoms with Crippen molar-refractivity contribution in [3.8, 4) is 5.75 Å². The van der Waals surface area contributed by atoms with Gasteiger partial charge in [0.2, 0.25) is 0 Å². The number of carbonyl (C=O) groups is 3. The van der Waals surface area contributed by atoms with Gasteiger partial charge in [-0.05, 0) is 25.5 Å².